The Kier molecular flexibility index (Phi) is 7.11. The van der Waals surface area contributed by atoms with Crippen LogP contribution in [-0.4, -0.2) is 16.1 Å². The maximum absolute atomic E-state index is 10.6. The molecule has 0 spiro atoms. The van der Waals surface area contributed by atoms with Crippen LogP contribution < -0.4 is 5.73 Å². The Balaban J connectivity index is 0. The Morgan fingerprint density at radius 1 is 1.57 bits per heavy atom. The predicted octanol–water partition coefficient (Wildman–Crippen LogP) is 2.01. The minimum Gasteiger partial charge on any atom is -0.476 e. The molecule has 1 rings (SSSR count). The number of aromatic carboxylic acids is 1. The number of thiazole rings is 1. The summed E-state index contributed by atoms with van der Waals surface area (Å²) in [6, 6.07) is -0.193. The summed E-state index contributed by atoms with van der Waals surface area (Å²) in [6.07, 6.45) is 0. The van der Waals surface area contributed by atoms with Crippen LogP contribution in [0.5, 0.6) is 0 Å². The van der Waals surface area contributed by atoms with Gasteiger partial charge in [0.25, 0.3) is 0 Å². The van der Waals surface area contributed by atoms with E-state index in [2.05, 4.69) is 4.98 Å². The second-order valence-corrected chi connectivity index (χ2v) is 3.79. The second kappa shape index (κ2) is 6.19. The zero-order valence-electron chi connectivity index (χ0n) is 7.68. The quantitative estimate of drug-likeness (QED) is 0.851. The molecule has 0 saturated heterocycles. The maximum Gasteiger partial charge on any atom is 0.355 e. The summed E-state index contributed by atoms with van der Waals surface area (Å²) in [5, 5.41) is 9.34. The molecule has 3 N–H and O–H groups in total. The molecule has 0 aliphatic rings. The van der Waals surface area contributed by atoms with E-state index in [1.165, 1.54) is 11.3 Å². The number of carboxylic acids is 1. The molecular weight excluding hydrogens is 247 g/mol. The van der Waals surface area contributed by atoms with Crippen LogP contribution in [0.15, 0.2) is 0 Å². The van der Waals surface area contributed by atoms with Gasteiger partial charge < -0.3 is 10.8 Å². The van der Waals surface area contributed by atoms with Crippen molar-refractivity contribution in [3.63, 3.8) is 0 Å². The van der Waals surface area contributed by atoms with Crippen LogP contribution in [0.3, 0.4) is 0 Å². The van der Waals surface area contributed by atoms with Gasteiger partial charge in [0.2, 0.25) is 0 Å². The van der Waals surface area contributed by atoms with E-state index in [0.717, 1.165) is 0 Å². The fourth-order valence-corrected chi connectivity index (χ4v) is 1.68. The van der Waals surface area contributed by atoms with E-state index in [9.17, 15) is 4.79 Å². The molecule has 82 valence electrons. The zero-order chi connectivity index (χ0) is 9.30. The first-order valence-corrected chi connectivity index (χ1v) is 4.30. The van der Waals surface area contributed by atoms with E-state index < -0.39 is 5.97 Å². The number of halogens is 2. The molecule has 7 heteroatoms. The molecule has 0 aliphatic heterocycles. The number of hydrogen-bond donors (Lipinski definition) is 2. The summed E-state index contributed by atoms with van der Waals surface area (Å²) in [7, 11) is 0. The van der Waals surface area contributed by atoms with Gasteiger partial charge in [-0.15, -0.1) is 36.2 Å². The van der Waals surface area contributed by atoms with Gasteiger partial charge in [0.1, 0.15) is 5.01 Å². The van der Waals surface area contributed by atoms with Crippen molar-refractivity contribution in [2.45, 2.75) is 19.9 Å². The van der Waals surface area contributed by atoms with Crippen molar-refractivity contribution in [1.29, 1.82) is 0 Å². The average Bonchev–Trinajstić information content (AvgIpc) is 2.30. The lowest BCUT2D eigenvalue weighted by atomic mass is 10.3. The lowest BCUT2D eigenvalue weighted by Crippen LogP contribution is -2.05. The third-order valence-electron chi connectivity index (χ3n) is 1.41. The summed E-state index contributed by atoms with van der Waals surface area (Å²) in [5.74, 6) is -0.990. The van der Waals surface area contributed by atoms with Crippen molar-refractivity contribution in [2.75, 3.05) is 0 Å². The number of nitrogens with zero attached hydrogens (tertiary/aromatic N) is 1. The lowest BCUT2D eigenvalue weighted by Gasteiger charge is -1.95. The van der Waals surface area contributed by atoms with Gasteiger partial charge in [-0.1, -0.05) is 0 Å². The number of aryl methyl sites for hydroxylation is 1. The van der Waals surface area contributed by atoms with Gasteiger partial charge in [-0.2, -0.15) is 0 Å². The highest BCUT2D eigenvalue weighted by Crippen LogP contribution is 2.21. The van der Waals surface area contributed by atoms with Gasteiger partial charge in [-0.25, -0.2) is 9.78 Å². The molecule has 1 unspecified atom stereocenters. The highest BCUT2D eigenvalue weighted by atomic mass is 35.5. The van der Waals surface area contributed by atoms with Crippen molar-refractivity contribution in [3.05, 3.63) is 15.6 Å². The highest BCUT2D eigenvalue weighted by molar-refractivity contribution is 7.11. The number of rotatable bonds is 2. The molecule has 0 fully saturated rings. The minimum atomic E-state index is -0.990. The van der Waals surface area contributed by atoms with E-state index in [4.69, 9.17) is 10.8 Å². The monoisotopic (exact) mass is 258 g/mol. The molecular formula is C7H12Cl2N2O2S. The third-order valence-corrected chi connectivity index (χ3v) is 2.58. The molecule has 0 saturated carbocycles. The van der Waals surface area contributed by atoms with Crippen LogP contribution in [0.1, 0.15) is 33.3 Å². The average molecular weight is 259 g/mol. The van der Waals surface area contributed by atoms with Gasteiger partial charge in [0, 0.05) is 4.88 Å². The van der Waals surface area contributed by atoms with Crippen LogP contribution in [0.25, 0.3) is 0 Å². The summed E-state index contributed by atoms with van der Waals surface area (Å²) in [6.45, 7) is 3.51. The first kappa shape index (κ1) is 16.1. The molecule has 0 aromatic carbocycles. The molecule has 0 radical (unpaired) electrons. The van der Waals surface area contributed by atoms with Gasteiger partial charge in [-0.05, 0) is 13.8 Å². The predicted molar refractivity (Wildman–Crippen MR) is 60.9 cm³/mol. The van der Waals surface area contributed by atoms with Crippen LogP contribution in [0, 0.1) is 6.92 Å². The van der Waals surface area contributed by atoms with Crippen LogP contribution >= 0.6 is 36.2 Å². The Bertz CT molecular complexity index is 315. The van der Waals surface area contributed by atoms with E-state index in [-0.39, 0.29) is 36.5 Å². The van der Waals surface area contributed by atoms with Crippen LogP contribution in [0.4, 0.5) is 0 Å². The first-order valence-electron chi connectivity index (χ1n) is 3.48. The van der Waals surface area contributed by atoms with E-state index in [0.29, 0.717) is 9.88 Å². The van der Waals surface area contributed by atoms with Gasteiger partial charge in [0.05, 0.1) is 6.04 Å². The summed E-state index contributed by atoms with van der Waals surface area (Å²) in [4.78, 5) is 15.2. The van der Waals surface area contributed by atoms with Crippen LogP contribution in [0.2, 0.25) is 0 Å². The van der Waals surface area contributed by atoms with Gasteiger partial charge in [0.15, 0.2) is 5.69 Å². The minimum absolute atomic E-state index is 0. The Morgan fingerprint density at radius 3 is 2.29 bits per heavy atom. The molecule has 0 aliphatic carbocycles. The molecule has 4 nitrogen and oxygen atoms in total. The Morgan fingerprint density at radius 2 is 2.07 bits per heavy atom. The number of carbonyl (C=O) groups is 1. The largest absolute Gasteiger partial charge is 0.476 e. The number of aromatic nitrogens is 1. The molecule has 0 amide bonds. The standard InChI is InChI=1S/C7H10N2O2S.2ClH/c1-3(8)6-9-5(7(10)11)4(2)12-6;;/h3H,8H2,1-2H3,(H,10,11);2*1H. The molecule has 1 atom stereocenters. The third kappa shape index (κ3) is 3.42. The Hall–Kier alpha value is -0.360. The molecule has 14 heavy (non-hydrogen) atoms. The van der Waals surface area contributed by atoms with Crippen molar-refractivity contribution in [2.24, 2.45) is 5.73 Å². The smallest absolute Gasteiger partial charge is 0.355 e. The molecule has 1 heterocycles. The van der Waals surface area contributed by atoms with Crippen molar-refractivity contribution in [1.82, 2.24) is 4.98 Å². The fraction of sp³-hybridized carbons (Fsp3) is 0.429. The van der Waals surface area contributed by atoms with Gasteiger partial charge >= 0.3 is 5.97 Å². The van der Waals surface area contributed by atoms with Crippen LogP contribution in [-0.2, 0) is 0 Å². The zero-order valence-corrected chi connectivity index (χ0v) is 10.1. The van der Waals surface area contributed by atoms with Crippen molar-refractivity contribution >= 4 is 42.1 Å². The van der Waals surface area contributed by atoms with E-state index >= 15 is 0 Å². The van der Waals surface area contributed by atoms with Crippen molar-refractivity contribution in [3.8, 4) is 0 Å². The SMILES string of the molecule is Cc1sc(C(C)N)nc1C(=O)O.Cl.Cl. The summed E-state index contributed by atoms with van der Waals surface area (Å²) < 4.78 is 0. The molecule has 0 bridgehead atoms. The number of carboxylic acid groups (broad SMARTS) is 1. The van der Waals surface area contributed by atoms with E-state index in [1.54, 1.807) is 13.8 Å². The first-order chi connectivity index (χ1) is 5.52. The summed E-state index contributed by atoms with van der Waals surface area (Å²) >= 11 is 1.33. The normalized spacial score (nSPS) is 11.1. The number of hydrogen-bond acceptors (Lipinski definition) is 4. The second-order valence-electron chi connectivity index (χ2n) is 2.55. The maximum atomic E-state index is 10.6. The topological polar surface area (TPSA) is 76.2 Å². The Labute approximate surface area is 98.4 Å². The van der Waals surface area contributed by atoms with E-state index in [1.807, 2.05) is 0 Å². The molecule has 1 aromatic heterocycles. The fourth-order valence-electron chi connectivity index (χ4n) is 0.810. The van der Waals surface area contributed by atoms with Crippen molar-refractivity contribution < 1.29 is 9.90 Å². The lowest BCUT2D eigenvalue weighted by molar-refractivity contribution is 0.0690. The summed E-state index contributed by atoms with van der Waals surface area (Å²) in [5.41, 5.74) is 5.67. The highest BCUT2D eigenvalue weighted by Gasteiger charge is 2.15. The number of nitrogens with two attached hydrogens (primary N) is 1. The van der Waals surface area contributed by atoms with Gasteiger partial charge in [-0.3, -0.25) is 0 Å². The molecule has 1 aromatic rings.